The van der Waals surface area contributed by atoms with Gasteiger partial charge in [-0.3, -0.25) is 0 Å². The summed E-state index contributed by atoms with van der Waals surface area (Å²) in [5, 5.41) is 0. The summed E-state index contributed by atoms with van der Waals surface area (Å²) in [6.45, 7) is 7.90. The highest BCUT2D eigenvalue weighted by Crippen LogP contribution is 2.65. The van der Waals surface area contributed by atoms with Crippen LogP contribution in [0.25, 0.3) is 0 Å². The van der Waals surface area contributed by atoms with E-state index in [2.05, 4.69) is 44.2 Å². The molecule has 3 saturated carbocycles. The van der Waals surface area contributed by atoms with E-state index in [0.717, 1.165) is 43.5 Å². The highest BCUT2D eigenvalue weighted by atomic mass is 16.5. The van der Waals surface area contributed by atoms with Gasteiger partial charge in [0.05, 0.1) is 19.3 Å². The summed E-state index contributed by atoms with van der Waals surface area (Å²) < 4.78 is 12.6. The van der Waals surface area contributed by atoms with Gasteiger partial charge < -0.3 is 9.47 Å². The molecule has 0 radical (unpaired) electrons. The second-order valence-electron chi connectivity index (χ2n) is 10.4. The van der Waals surface area contributed by atoms with Crippen molar-refractivity contribution in [2.75, 3.05) is 13.2 Å². The van der Waals surface area contributed by atoms with Crippen molar-refractivity contribution < 1.29 is 9.47 Å². The molecule has 4 fully saturated rings. The van der Waals surface area contributed by atoms with Gasteiger partial charge in [0.1, 0.15) is 0 Å². The molecule has 1 aromatic rings. The van der Waals surface area contributed by atoms with Crippen LogP contribution in [0.2, 0.25) is 0 Å². The summed E-state index contributed by atoms with van der Waals surface area (Å²) >= 11 is 0. The summed E-state index contributed by atoms with van der Waals surface area (Å²) in [5.41, 5.74) is 2.13. The lowest BCUT2D eigenvalue weighted by molar-refractivity contribution is -0.164. The lowest BCUT2D eigenvalue weighted by Crippen LogP contribution is -2.55. The molecule has 4 aliphatic rings. The number of ether oxygens (including phenoxy) is 2. The van der Waals surface area contributed by atoms with Crippen LogP contribution in [0.1, 0.15) is 64.4 Å². The Morgan fingerprint density at radius 1 is 0.926 bits per heavy atom. The lowest BCUT2D eigenvalue weighted by atomic mass is 9.47. The molecule has 2 heteroatoms. The van der Waals surface area contributed by atoms with Crippen molar-refractivity contribution in [1.82, 2.24) is 0 Å². The molecule has 0 bridgehead atoms. The SMILES string of the molecule is C[C@]12COCC[C@@H]1CC[C@@H]1[C@@H]2CC[C@]2(C)C(OCc3ccccc3)CC[C@@H]12. The quantitative estimate of drug-likeness (QED) is 0.666. The molecule has 3 aliphatic carbocycles. The van der Waals surface area contributed by atoms with Crippen LogP contribution in [0, 0.1) is 34.5 Å². The lowest BCUT2D eigenvalue weighted by Gasteiger charge is -2.60. The Bertz CT molecular complexity index is 658. The van der Waals surface area contributed by atoms with Crippen LogP contribution in [0.15, 0.2) is 30.3 Å². The summed E-state index contributed by atoms with van der Waals surface area (Å²) in [6.07, 6.45) is 9.99. The van der Waals surface area contributed by atoms with Gasteiger partial charge in [-0.1, -0.05) is 44.2 Å². The maximum Gasteiger partial charge on any atom is 0.0720 e. The number of benzene rings is 1. The van der Waals surface area contributed by atoms with Crippen LogP contribution < -0.4 is 0 Å². The largest absolute Gasteiger partial charge is 0.381 e. The number of hydrogen-bond donors (Lipinski definition) is 0. The maximum atomic E-state index is 6.55. The minimum absolute atomic E-state index is 0.384. The summed E-state index contributed by atoms with van der Waals surface area (Å²) in [7, 11) is 0. The molecule has 1 saturated heterocycles. The Balaban J connectivity index is 1.32. The molecule has 2 nitrogen and oxygen atoms in total. The topological polar surface area (TPSA) is 18.5 Å². The zero-order chi connectivity index (χ0) is 18.5. The van der Waals surface area contributed by atoms with Gasteiger partial charge in [0.2, 0.25) is 0 Å². The average molecular weight is 369 g/mol. The van der Waals surface area contributed by atoms with Crippen molar-refractivity contribution in [3.63, 3.8) is 0 Å². The van der Waals surface area contributed by atoms with E-state index in [9.17, 15) is 0 Å². The predicted molar refractivity (Wildman–Crippen MR) is 108 cm³/mol. The van der Waals surface area contributed by atoms with Gasteiger partial charge in [0, 0.05) is 6.61 Å². The van der Waals surface area contributed by atoms with E-state index in [0.29, 0.717) is 16.9 Å². The van der Waals surface area contributed by atoms with Crippen LogP contribution in [0.3, 0.4) is 0 Å². The Morgan fingerprint density at radius 2 is 1.74 bits per heavy atom. The molecule has 0 spiro atoms. The minimum Gasteiger partial charge on any atom is -0.381 e. The third kappa shape index (κ3) is 2.90. The van der Waals surface area contributed by atoms with E-state index in [1.807, 2.05) is 0 Å². The Morgan fingerprint density at radius 3 is 2.59 bits per heavy atom. The fourth-order valence-corrected chi connectivity index (χ4v) is 7.75. The highest BCUT2D eigenvalue weighted by molar-refractivity contribution is 5.14. The second kappa shape index (κ2) is 6.88. The van der Waals surface area contributed by atoms with E-state index in [4.69, 9.17) is 9.47 Å². The Labute approximate surface area is 165 Å². The van der Waals surface area contributed by atoms with Crippen LogP contribution in [0.5, 0.6) is 0 Å². The smallest absolute Gasteiger partial charge is 0.0720 e. The molecule has 148 valence electrons. The zero-order valence-electron chi connectivity index (χ0n) is 17.2. The molecule has 7 atom stereocenters. The van der Waals surface area contributed by atoms with Crippen molar-refractivity contribution >= 4 is 0 Å². The van der Waals surface area contributed by atoms with Gasteiger partial charge in [-0.05, 0) is 85.0 Å². The van der Waals surface area contributed by atoms with Gasteiger partial charge in [-0.2, -0.15) is 0 Å². The van der Waals surface area contributed by atoms with Gasteiger partial charge in [0.25, 0.3) is 0 Å². The second-order valence-corrected chi connectivity index (χ2v) is 10.4. The first-order chi connectivity index (χ1) is 13.1. The van der Waals surface area contributed by atoms with Gasteiger partial charge >= 0.3 is 0 Å². The molecular weight excluding hydrogens is 332 g/mol. The van der Waals surface area contributed by atoms with Crippen LogP contribution in [0.4, 0.5) is 0 Å². The standard InChI is InChI=1S/C25H36O2/c1-24-14-12-22-20(9-8-19-13-15-26-17-25(19,22)2)21(24)10-11-23(24)27-16-18-6-4-3-5-7-18/h3-7,19-23H,8-17H2,1-2H3/t19-,20-,21-,22-,23?,24-,25-/m0/s1. The van der Waals surface area contributed by atoms with Gasteiger partial charge in [-0.15, -0.1) is 0 Å². The molecule has 1 heterocycles. The molecule has 0 aromatic heterocycles. The first kappa shape index (κ1) is 18.2. The van der Waals surface area contributed by atoms with Crippen molar-refractivity contribution in [1.29, 1.82) is 0 Å². The molecule has 1 aromatic carbocycles. The van der Waals surface area contributed by atoms with E-state index in [-0.39, 0.29) is 0 Å². The molecular formula is C25H36O2. The van der Waals surface area contributed by atoms with Crippen LogP contribution in [-0.2, 0) is 16.1 Å². The van der Waals surface area contributed by atoms with E-state index >= 15 is 0 Å². The number of fused-ring (bicyclic) bond motifs is 5. The van der Waals surface area contributed by atoms with Crippen LogP contribution >= 0.6 is 0 Å². The van der Waals surface area contributed by atoms with Gasteiger partial charge in [0.15, 0.2) is 0 Å². The summed E-state index contributed by atoms with van der Waals surface area (Å²) in [6, 6.07) is 10.7. The van der Waals surface area contributed by atoms with Gasteiger partial charge in [-0.25, -0.2) is 0 Å². The van der Waals surface area contributed by atoms with Crippen molar-refractivity contribution in [3.8, 4) is 0 Å². The molecule has 27 heavy (non-hydrogen) atoms. The summed E-state index contributed by atoms with van der Waals surface area (Å²) in [4.78, 5) is 0. The highest BCUT2D eigenvalue weighted by Gasteiger charge is 2.60. The first-order valence-corrected chi connectivity index (χ1v) is 11.3. The van der Waals surface area contributed by atoms with Crippen molar-refractivity contribution in [3.05, 3.63) is 35.9 Å². The normalized spacial score (nSPS) is 46.4. The zero-order valence-corrected chi connectivity index (χ0v) is 17.2. The molecule has 1 aliphatic heterocycles. The first-order valence-electron chi connectivity index (χ1n) is 11.3. The third-order valence-corrected chi connectivity index (χ3v) is 9.30. The average Bonchev–Trinajstić information content (AvgIpc) is 3.03. The van der Waals surface area contributed by atoms with E-state index in [1.54, 1.807) is 0 Å². The van der Waals surface area contributed by atoms with Crippen molar-refractivity contribution in [2.24, 2.45) is 34.5 Å². The third-order valence-electron chi connectivity index (χ3n) is 9.30. The Kier molecular flexibility index (Phi) is 4.64. The predicted octanol–water partition coefficient (Wildman–Crippen LogP) is 5.85. The maximum absolute atomic E-state index is 6.55. The monoisotopic (exact) mass is 368 g/mol. The van der Waals surface area contributed by atoms with E-state index in [1.165, 1.54) is 50.5 Å². The molecule has 0 amide bonds. The van der Waals surface area contributed by atoms with Crippen LogP contribution in [-0.4, -0.2) is 19.3 Å². The number of rotatable bonds is 3. The van der Waals surface area contributed by atoms with E-state index < -0.39 is 0 Å². The summed E-state index contributed by atoms with van der Waals surface area (Å²) in [5.74, 6) is 3.54. The minimum atomic E-state index is 0.384. The molecule has 1 unspecified atom stereocenters. The van der Waals surface area contributed by atoms with Crippen molar-refractivity contribution in [2.45, 2.75) is 71.5 Å². The fourth-order valence-electron chi connectivity index (χ4n) is 7.75. The fraction of sp³-hybridized carbons (Fsp3) is 0.760. The number of hydrogen-bond acceptors (Lipinski definition) is 2. The molecule has 0 N–H and O–H groups in total. The Hall–Kier alpha value is -0.860. The molecule has 5 rings (SSSR count).